The van der Waals surface area contributed by atoms with E-state index < -0.39 is 10.0 Å². The summed E-state index contributed by atoms with van der Waals surface area (Å²) in [7, 11) is -3.47. The van der Waals surface area contributed by atoms with E-state index in [1.807, 2.05) is 6.92 Å². The number of rotatable bonds is 2. The molecule has 0 amide bonds. The van der Waals surface area contributed by atoms with Crippen LogP contribution < -0.4 is 0 Å². The van der Waals surface area contributed by atoms with Crippen LogP contribution in [0.15, 0.2) is 21.6 Å². The van der Waals surface area contributed by atoms with Gasteiger partial charge in [-0.15, -0.1) is 0 Å². The van der Waals surface area contributed by atoms with Gasteiger partial charge in [0.15, 0.2) is 0 Å². The molecule has 1 atom stereocenters. The van der Waals surface area contributed by atoms with E-state index in [-0.39, 0.29) is 16.1 Å². The molecule has 0 radical (unpaired) electrons. The monoisotopic (exact) mass is 352 g/mol. The zero-order valence-corrected chi connectivity index (χ0v) is 13.1. The summed E-state index contributed by atoms with van der Waals surface area (Å²) in [6.07, 6.45) is 4.20. The van der Waals surface area contributed by atoms with Gasteiger partial charge in [0.05, 0.1) is 4.47 Å². The summed E-state index contributed by atoms with van der Waals surface area (Å²) in [4.78, 5) is 4.07. The summed E-state index contributed by atoms with van der Waals surface area (Å²) in [6.45, 7) is 2.51. The van der Waals surface area contributed by atoms with Crippen molar-refractivity contribution in [2.75, 3.05) is 6.54 Å². The van der Waals surface area contributed by atoms with Crippen molar-refractivity contribution < 1.29 is 8.42 Å². The lowest BCUT2D eigenvalue weighted by atomic mass is 10.1. The zero-order chi connectivity index (χ0) is 13.3. The van der Waals surface area contributed by atoms with E-state index in [9.17, 15) is 8.42 Å². The highest BCUT2D eigenvalue weighted by Gasteiger charge is 2.31. The van der Waals surface area contributed by atoms with E-state index in [0.29, 0.717) is 11.0 Å². The minimum atomic E-state index is -3.47. The summed E-state index contributed by atoms with van der Waals surface area (Å²) in [6, 6.07) is 1.55. The van der Waals surface area contributed by atoms with Gasteiger partial charge in [0.2, 0.25) is 10.0 Å². The second-order valence-electron chi connectivity index (χ2n) is 4.40. The lowest BCUT2D eigenvalue weighted by Gasteiger charge is -2.32. The fraction of sp³-hybridized carbons (Fsp3) is 0.545. The van der Waals surface area contributed by atoms with Crippen LogP contribution in [0, 0.1) is 0 Å². The van der Waals surface area contributed by atoms with Crippen LogP contribution in [-0.4, -0.2) is 30.3 Å². The number of hydrogen-bond acceptors (Lipinski definition) is 3. The van der Waals surface area contributed by atoms with E-state index in [2.05, 4.69) is 20.9 Å². The Balaban J connectivity index is 2.37. The van der Waals surface area contributed by atoms with Crippen LogP contribution in [0.4, 0.5) is 0 Å². The van der Waals surface area contributed by atoms with Gasteiger partial charge in [-0.2, -0.15) is 4.31 Å². The first-order chi connectivity index (χ1) is 8.43. The number of nitrogens with zero attached hydrogens (tertiary/aromatic N) is 2. The maximum Gasteiger partial charge on any atom is 0.244 e. The largest absolute Gasteiger partial charge is 0.244 e. The average Bonchev–Trinajstić information content (AvgIpc) is 2.33. The highest BCUT2D eigenvalue weighted by molar-refractivity contribution is 9.10. The molecule has 2 rings (SSSR count). The van der Waals surface area contributed by atoms with Gasteiger partial charge in [0.25, 0.3) is 0 Å². The third-order valence-corrected chi connectivity index (χ3v) is 6.23. The summed E-state index contributed by atoms with van der Waals surface area (Å²) in [5.74, 6) is 0. The smallest absolute Gasteiger partial charge is 0.242 e. The first-order valence-electron chi connectivity index (χ1n) is 5.76. The molecule has 1 saturated heterocycles. The van der Waals surface area contributed by atoms with Crippen molar-refractivity contribution in [1.29, 1.82) is 0 Å². The number of hydrogen-bond donors (Lipinski definition) is 0. The third-order valence-electron chi connectivity index (χ3n) is 3.12. The molecule has 1 aliphatic rings. The van der Waals surface area contributed by atoms with Gasteiger partial charge in [-0.1, -0.05) is 18.0 Å². The van der Waals surface area contributed by atoms with E-state index >= 15 is 0 Å². The predicted octanol–water partition coefficient (Wildman–Crippen LogP) is 3.06. The molecule has 0 aromatic carbocycles. The molecule has 7 heteroatoms. The maximum absolute atomic E-state index is 12.5. The Morgan fingerprint density at radius 2 is 2.22 bits per heavy atom. The van der Waals surface area contributed by atoms with Crippen molar-refractivity contribution in [3.63, 3.8) is 0 Å². The topological polar surface area (TPSA) is 50.3 Å². The van der Waals surface area contributed by atoms with Gasteiger partial charge in [-0.3, -0.25) is 0 Å². The predicted molar refractivity (Wildman–Crippen MR) is 74.2 cm³/mol. The van der Waals surface area contributed by atoms with E-state index in [4.69, 9.17) is 11.6 Å². The van der Waals surface area contributed by atoms with Crippen LogP contribution in [0.3, 0.4) is 0 Å². The number of halogens is 2. The SMILES string of the molecule is C[C@@H]1CCCCN1S(=O)(=O)c1cnc(Cl)c(Br)c1. The molecule has 0 saturated carbocycles. The van der Waals surface area contributed by atoms with E-state index in [0.717, 1.165) is 19.3 Å². The van der Waals surface area contributed by atoms with Gasteiger partial charge in [0.1, 0.15) is 10.0 Å². The molecule has 1 fully saturated rings. The first-order valence-corrected chi connectivity index (χ1v) is 8.37. The molecule has 0 spiro atoms. The minimum absolute atomic E-state index is 0.0400. The van der Waals surface area contributed by atoms with Crippen LogP contribution in [0.25, 0.3) is 0 Å². The number of aromatic nitrogens is 1. The molecule has 0 N–H and O–H groups in total. The van der Waals surface area contributed by atoms with Crippen LogP contribution in [0.5, 0.6) is 0 Å². The fourth-order valence-electron chi connectivity index (χ4n) is 2.11. The highest BCUT2D eigenvalue weighted by atomic mass is 79.9. The second kappa shape index (κ2) is 5.45. The molecule has 1 aromatic rings. The molecule has 18 heavy (non-hydrogen) atoms. The maximum atomic E-state index is 12.5. The van der Waals surface area contributed by atoms with Crippen LogP contribution in [-0.2, 0) is 10.0 Å². The molecule has 0 bridgehead atoms. The fourth-order valence-corrected chi connectivity index (χ4v) is 4.38. The molecule has 1 aromatic heterocycles. The minimum Gasteiger partial charge on any atom is -0.242 e. The van der Waals surface area contributed by atoms with Crippen molar-refractivity contribution in [1.82, 2.24) is 9.29 Å². The lowest BCUT2D eigenvalue weighted by Crippen LogP contribution is -2.41. The normalized spacial score (nSPS) is 22.1. The Kier molecular flexibility index (Phi) is 4.31. The van der Waals surface area contributed by atoms with Crippen LogP contribution in [0.1, 0.15) is 26.2 Å². The standard InChI is InChI=1S/C11H14BrClN2O2S/c1-8-4-2-3-5-15(8)18(16,17)9-6-10(12)11(13)14-7-9/h6-8H,2-5H2,1H3/t8-/m1/s1. The third kappa shape index (κ3) is 2.71. The highest BCUT2D eigenvalue weighted by Crippen LogP contribution is 2.28. The number of pyridine rings is 1. The molecule has 0 unspecified atom stereocenters. The van der Waals surface area contributed by atoms with E-state index in [1.165, 1.54) is 12.3 Å². The molecule has 2 heterocycles. The Morgan fingerprint density at radius 1 is 1.50 bits per heavy atom. The first kappa shape index (κ1) is 14.2. The second-order valence-corrected chi connectivity index (χ2v) is 7.51. The van der Waals surface area contributed by atoms with Gasteiger partial charge < -0.3 is 0 Å². The molecule has 0 aliphatic carbocycles. The summed E-state index contributed by atoms with van der Waals surface area (Å²) < 4.78 is 27.0. The van der Waals surface area contributed by atoms with Crippen molar-refractivity contribution in [3.8, 4) is 0 Å². The number of sulfonamides is 1. The Labute approximate surface area is 121 Å². The number of piperidine rings is 1. The van der Waals surface area contributed by atoms with Crippen molar-refractivity contribution in [3.05, 3.63) is 21.9 Å². The molecular formula is C11H14BrClN2O2S. The van der Waals surface area contributed by atoms with Crippen molar-refractivity contribution in [2.24, 2.45) is 0 Å². The van der Waals surface area contributed by atoms with Gasteiger partial charge in [-0.25, -0.2) is 13.4 Å². The Bertz CT molecular complexity index is 550. The summed E-state index contributed by atoms with van der Waals surface area (Å²) >= 11 is 8.98. The van der Waals surface area contributed by atoms with Crippen molar-refractivity contribution in [2.45, 2.75) is 37.1 Å². The summed E-state index contributed by atoms with van der Waals surface area (Å²) in [5, 5.41) is 0.264. The van der Waals surface area contributed by atoms with Gasteiger partial charge in [-0.05, 0) is 41.8 Å². The Hall–Kier alpha value is -0.170. The Morgan fingerprint density at radius 3 is 2.83 bits per heavy atom. The lowest BCUT2D eigenvalue weighted by molar-refractivity contribution is 0.268. The quantitative estimate of drug-likeness (QED) is 0.768. The van der Waals surface area contributed by atoms with E-state index in [1.54, 1.807) is 4.31 Å². The van der Waals surface area contributed by atoms with Gasteiger partial charge in [0, 0.05) is 18.8 Å². The summed E-state index contributed by atoms with van der Waals surface area (Å²) in [5.41, 5.74) is 0. The van der Waals surface area contributed by atoms with Gasteiger partial charge >= 0.3 is 0 Å². The average molecular weight is 354 g/mol. The molecule has 1 aliphatic heterocycles. The van der Waals surface area contributed by atoms with Crippen LogP contribution >= 0.6 is 27.5 Å². The van der Waals surface area contributed by atoms with Crippen molar-refractivity contribution >= 4 is 37.6 Å². The molecule has 4 nitrogen and oxygen atoms in total. The molecular weight excluding hydrogens is 340 g/mol. The van der Waals surface area contributed by atoms with Crippen LogP contribution in [0.2, 0.25) is 5.15 Å². The zero-order valence-electron chi connectivity index (χ0n) is 9.94. The molecule has 100 valence electrons.